The molecular weight excluding hydrogens is 464 g/mol. The van der Waals surface area contributed by atoms with E-state index in [4.69, 9.17) is 18.9 Å². The number of nitrogens with zero attached hydrogens (tertiary/aromatic N) is 4. The maximum atomic E-state index is 11.5. The Bertz CT molecular complexity index is 952. The zero-order valence-corrected chi connectivity index (χ0v) is 20.1. The summed E-state index contributed by atoms with van der Waals surface area (Å²) in [4.78, 5) is 24.1. The number of alkyl carbamates (subject to hydrolysis) is 1. The van der Waals surface area contributed by atoms with Crippen molar-refractivity contribution in [3.63, 3.8) is 0 Å². The minimum atomic E-state index is -1.25. The molecule has 5 N–H and O–H groups in total. The van der Waals surface area contributed by atoms with Crippen molar-refractivity contribution in [2.24, 2.45) is 0 Å². The van der Waals surface area contributed by atoms with E-state index in [1.807, 2.05) is 0 Å². The summed E-state index contributed by atoms with van der Waals surface area (Å²) in [5.41, 5.74) is 0.332. The van der Waals surface area contributed by atoms with Gasteiger partial charge in [-0.05, 0) is 20.8 Å². The van der Waals surface area contributed by atoms with Crippen molar-refractivity contribution in [2.45, 2.75) is 50.9 Å². The van der Waals surface area contributed by atoms with E-state index in [-0.39, 0.29) is 0 Å². The molecule has 0 spiro atoms. The minimum Gasteiger partial charge on any atom is -0.444 e. The van der Waals surface area contributed by atoms with Crippen LogP contribution in [0.5, 0.6) is 0 Å². The zero-order chi connectivity index (χ0) is 25.4. The molecule has 0 radical (unpaired) electrons. The largest absolute Gasteiger partial charge is 0.444 e. The summed E-state index contributed by atoms with van der Waals surface area (Å²) in [6.45, 7) is 7.16. The fourth-order valence-electron chi connectivity index (χ4n) is 3.41. The fourth-order valence-corrected chi connectivity index (χ4v) is 3.41. The van der Waals surface area contributed by atoms with Gasteiger partial charge < -0.3 is 44.9 Å². The van der Waals surface area contributed by atoms with Gasteiger partial charge in [0.05, 0.1) is 33.0 Å². The molecule has 1 amide bonds. The van der Waals surface area contributed by atoms with Gasteiger partial charge >= 0.3 is 6.09 Å². The highest BCUT2D eigenvalue weighted by atomic mass is 16.6. The number of aliphatic hydroxyl groups is 3. The van der Waals surface area contributed by atoms with Gasteiger partial charge in [-0.2, -0.15) is 0 Å². The monoisotopic (exact) mass is 498 g/mol. The molecule has 1 aliphatic rings. The third-order valence-corrected chi connectivity index (χ3v) is 4.98. The Morgan fingerprint density at radius 1 is 1.09 bits per heavy atom. The number of amides is 1. The van der Waals surface area contributed by atoms with Crippen molar-refractivity contribution in [3.8, 4) is 0 Å². The Labute approximate surface area is 202 Å². The van der Waals surface area contributed by atoms with Gasteiger partial charge in [0.2, 0.25) is 0 Å². The van der Waals surface area contributed by atoms with E-state index in [2.05, 4.69) is 25.6 Å². The topological polar surface area (TPSA) is 182 Å². The smallest absolute Gasteiger partial charge is 0.407 e. The summed E-state index contributed by atoms with van der Waals surface area (Å²) < 4.78 is 23.2. The summed E-state index contributed by atoms with van der Waals surface area (Å²) in [7, 11) is 0. The van der Waals surface area contributed by atoms with Crippen molar-refractivity contribution in [2.75, 3.05) is 51.4 Å². The van der Waals surface area contributed by atoms with Crippen molar-refractivity contribution in [1.29, 1.82) is 0 Å². The van der Waals surface area contributed by atoms with Gasteiger partial charge in [-0.25, -0.2) is 19.7 Å². The normalized spacial score (nSPS) is 22.5. The van der Waals surface area contributed by atoms with Crippen LogP contribution in [0, 0.1) is 0 Å². The highest BCUT2D eigenvalue weighted by Gasteiger charge is 2.44. The van der Waals surface area contributed by atoms with Crippen LogP contribution in [0.2, 0.25) is 0 Å². The van der Waals surface area contributed by atoms with E-state index >= 15 is 0 Å². The first-order chi connectivity index (χ1) is 16.7. The fraction of sp³-hybridized carbons (Fsp3) is 0.714. The minimum absolute atomic E-state index is 0.337. The first-order valence-electron chi connectivity index (χ1n) is 11.4. The lowest BCUT2D eigenvalue weighted by atomic mass is 10.1. The molecule has 14 nitrogen and oxygen atoms in total. The Kier molecular flexibility index (Phi) is 9.54. The number of imidazole rings is 1. The number of aromatic nitrogens is 4. The van der Waals surface area contributed by atoms with E-state index in [9.17, 15) is 20.1 Å². The molecule has 196 valence electrons. The molecule has 35 heavy (non-hydrogen) atoms. The summed E-state index contributed by atoms with van der Waals surface area (Å²) in [6, 6.07) is 0. The molecular formula is C21H34N6O8. The average molecular weight is 499 g/mol. The Hall–Kier alpha value is -2.62. The van der Waals surface area contributed by atoms with Gasteiger partial charge in [0.1, 0.15) is 42.1 Å². The number of hydrogen-bond donors (Lipinski definition) is 5. The van der Waals surface area contributed by atoms with Crippen LogP contribution in [-0.2, 0) is 18.9 Å². The van der Waals surface area contributed by atoms with Crippen molar-refractivity contribution < 1.29 is 39.1 Å². The predicted molar refractivity (Wildman–Crippen MR) is 123 cm³/mol. The lowest BCUT2D eigenvalue weighted by Crippen LogP contribution is -2.34. The molecule has 1 aliphatic heterocycles. The lowest BCUT2D eigenvalue weighted by molar-refractivity contribution is -0.0508. The Balaban J connectivity index is 1.38. The lowest BCUT2D eigenvalue weighted by Gasteiger charge is -2.19. The van der Waals surface area contributed by atoms with Crippen molar-refractivity contribution >= 4 is 23.1 Å². The van der Waals surface area contributed by atoms with Crippen LogP contribution in [0.25, 0.3) is 11.2 Å². The molecule has 0 aromatic carbocycles. The van der Waals surface area contributed by atoms with E-state index in [0.717, 1.165) is 0 Å². The molecule has 0 unspecified atom stereocenters. The molecule has 0 saturated carbocycles. The third-order valence-electron chi connectivity index (χ3n) is 4.98. The number of carbonyl (C=O) groups is 1. The first-order valence-corrected chi connectivity index (χ1v) is 11.4. The SMILES string of the molecule is CC(C)(C)OC(=O)NCCOCCOCCNc1ncnc2ncn([C@@H]3O[C@H](CO)[C@@H](O)[C@H]3O)c12. The van der Waals surface area contributed by atoms with Gasteiger partial charge in [-0.1, -0.05) is 0 Å². The third kappa shape index (κ3) is 7.43. The molecule has 14 heteroatoms. The van der Waals surface area contributed by atoms with Crippen LogP contribution in [0.15, 0.2) is 12.7 Å². The Morgan fingerprint density at radius 3 is 2.46 bits per heavy atom. The summed E-state index contributed by atoms with van der Waals surface area (Å²) in [5.74, 6) is 0.457. The predicted octanol–water partition coefficient (Wildman–Crippen LogP) is -0.592. The first kappa shape index (κ1) is 27.0. The second-order valence-electron chi connectivity index (χ2n) is 8.86. The van der Waals surface area contributed by atoms with Crippen LogP contribution in [0.1, 0.15) is 27.0 Å². The number of fused-ring (bicyclic) bond motifs is 1. The van der Waals surface area contributed by atoms with E-state index < -0.39 is 42.8 Å². The number of carbonyl (C=O) groups excluding carboxylic acids is 1. The molecule has 3 rings (SSSR count). The van der Waals surface area contributed by atoms with Crippen LogP contribution in [-0.4, -0.2) is 111 Å². The van der Waals surface area contributed by atoms with Crippen LogP contribution < -0.4 is 10.6 Å². The molecule has 2 aromatic rings. The number of aliphatic hydroxyl groups excluding tert-OH is 3. The summed E-state index contributed by atoms with van der Waals surface area (Å²) >= 11 is 0. The maximum Gasteiger partial charge on any atom is 0.407 e. The molecule has 1 saturated heterocycles. The van der Waals surface area contributed by atoms with Gasteiger partial charge in [0.25, 0.3) is 0 Å². The van der Waals surface area contributed by atoms with Crippen molar-refractivity contribution in [1.82, 2.24) is 24.8 Å². The van der Waals surface area contributed by atoms with Crippen LogP contribution in [0.3, 0.4) is 0 Å². The molecule has 3 heterocycles. The number of nitrogens with one attached hydrogen (secondary N) is 2. The molecule has 0 bridgehead atoms. The van der Waals surface area contributed by atoms with Gasteiger partial charge in [-0.15, -0.1) is 0 Å². The second kappa shape index (κ2) is 12.4. The number of anilines is 1. The highest BCUT2D eigenvalue weighted by molar-refractivity contribution is 5.83. The van der Waals surface area contributed by atoms with Crippen LogP contribution in [0.4, 0.5) is 10.6 Å². The van der Waals surface area contributed by atoms with Gasteiger partial charge in [-0.3, -0.25) is 4.57 Å². The second-order valence-corrected chi connectivity index (χ2v) is 8.86. The number of hydrogen-bond acceptors (Lipinski definition) is 12. The molecule has 4 atom stereocenters. The average Bonchev–Trinajstić information content (AvgIpc) is 3.35. The van der Waals surface area contributed by atoms with E-state index in [0.29, 0.717) is 56.5 Å². The summed E-state index contributed by atoms with van der Waals surface area (Å²) in [6.07, 6.45) is -2.01. The maximum absolute atomic E-state index is 11.5. The van der Waals surface area contributed by atoms with Gasteiger partial charge in [0, 0.05) is 13.1 Å². The quantitative estimate of drug-likeness (QED) is 0.235. The summed E-state index contributed by atoms with van der Waals surface area (Å²) in [5, 5.41) is 35.5. The van der Waals surface area contributed by atoms with E-state index in [1.54, 1.807) is 20.8 Å². The zero-order valence-electron chi connectivity index (χ0n) is 20.1. The van der Waals surface area contributed by atoms with Crippen molar-refractivity contribution in [3.05, 3.63) is 12.7 Å². The molecule has 0 aliphatic carbocycles. The van der Waals surface area contributed by atoms with Crippen LogP contribution >= 0.6 is 0 Å². The van der Waals surface area contributed by atoms with E-state index in [1.165, 1.54) is 17.2 Å². The number of rotatable bonds is 12. The molecule has 1 fully saturated rings. The number of ether oxygens (including phenoxy) is 4. The van der Waals surface area contributed by atoms with Gasteiger partial charge in [0.15, 0.2) is 17.7 Å². The standard InChI is InChI=1S/C21H34N6O8/c1-21(2,3)35-20(31)23-5-7-33-9-8-32-6-4-22-17-14-18(25-11-24-17)26-12-27(14)19-16(30)15(29)13(10-28)34-19/h11-13,15-16,19,28-30H,4-10H2,1-3H3,(H,23,31)(H,22,24,25)/t13-,15-,16-,19-/m1/s1. The Morgan fingerprint density at radius 2 is 1.80 bits per heavy atom. The molecule has 2 aromatic heterocycles. The highest BCUT2D eigenvalue weighted by Crippen LogP contribution is 2.32.